The molecule has 0 saturated heterocycles. The lowest BCUT2D eigenvalue weighted by Gasteiger charge is -2.19. The fraction of sp³-hybridized carbons (Fsp3) is 0.286. The number of fused-ring (bicyclic) bond motifs is 1. The molecule has 1 heterocycles. The van der Waals surface area contributed by atoms with Crippen LogP contribution in [0.25, 0.3) is 11.0 Å². The summed E-state index contributed by atoms with van der Waals surface area (Å²) in [5.74, 6) is -1.79. The van der Waals surface area contributed by atoms with E-state index in [-0.39, 0.29) is 12.3 Å². The van der Waals surface area contributed by atoms with E-state index in [0.29, 0.717) is 11.3 Å². The Morgan fingerprint density at radius 2 is 2.05 bits per heavy atom. The monoisotopic (exact) mass is 261 g/mol. The summed E-state index contributed by atoms with van der Waals surface area (Å²) in [4.78, 5) is 24.2. The highest BCUT2D eigenvalue weighted by Crippen LogP contribution is 2.29. The Morgan fingerprint density at radius 3 is 2.74 bits per heavy atom. The number of hydrogen-bond acceptors (Lipinski definition) is 3. The van der Waals surface area contributed by atoms with E-state index in [2.05, 4.69) is 0 Å². The van der Waals surface area contributed by atoms with Crippen molar-refractivity contribution in [1.82, 2.24) is 0 Å². The number of nitrogens with zero attached hydrogens (tertiary/aromatic N) is 1. The molecule has 0 aliphatic carbocycles. The van der Waals surface area contributed by atoms with E-state index < -0.39 is 11.9 Å². The minimum Gasteiger partial charge on any atom is -0.481 e. The van der Waals surface area contributed by atoms with Gasteiger partial charge in [-0.05, 0) is 12.1 Å². The minimum atomic E-state index is -0.980. The van der Waals surface area contributed by atoms with Crippen LogP contribution in [0.2, 0.25) is 0 Å². The van der Waals surface area contributed by atoms with Gasteiger partial charge < -0.3 is 14.4 Å². The van der Waals surface area contributed by atoms with Crippen LogP contribution in [0.15, 0.2) is 34.9 Å². The predicted molar refractivity (Wildman–Crippen MR) is 71.0 cm³/mol. The first-order valence-corrected chi connectivity index (χ1v) is 5.96. The van der Waals surface area contributed by atoms with Gasteiger partial charge in [0.05, 0.1) is 12.1 Å². The maximum atomic E-state index is 12.1. The highest BCUT2D eigenvalue weighted by molar-refractivity contribution is 6.03. The van der Waals surface area contributed by atoms with Crippen molar-refractivity contribution in [3.8, 4) is 0 Å². The van der Waals surface area contributed by atoms with Crippen LogP contribution in [0.3, 0.4) is 0 Å². The van der Waals surface area contributed by atoms with E-state index in [1.54, 1.807) is 14.0 Å². The molecule has 5 nitrogen and oxygen atoms in total. The van der Waals surface area contributed by atoms with Crippen LogP contribution in [-0.4, -0.2) is 24.0 Å². The summed E-state index contributed by atoms with van der Waals surface area (Å²) in [5, 5.41) is 9.56. The van der Waals surface area contributed by atoms with Crippen molar-refractivity contribution >= 4 is 28.5 Å². The van der Waals surface area contributed by atoms with Gasteiger partial charge in [-0.2, -0.15) is 0 Å². The van der Waals surface area contributed by atoms with Crippen molar-refractivity contribution in [2.75, 3.05) is 11.9 Å². The van der Waals surface area contributed by atoms with Gasteiger partial charge in [-0.3, -0.25) is 9.59 Å². The molecule has 0 fully saturated rings. The predicted octanol–water partition coefficient (Wildman–Crippen LogP) is 2.51. The van der Waals surface area contributed by atoms with Crippen LogP contribution in [0.5, 0.6) is 0 Å². The zero-order chi connectivity index (χ0) is 14.0. The van der Waals surface area contributed by atoms with Gasteiger partial charge in [0.1, 0.15) is 11.8 Å². The number of carboxylic acids is 1. The summed E-state index contributed by atoms with van der Waals surface area (Å²) in [5.41, 5.74) is 1.35. The molecule has 2 aromatic rings. The average Bonchev–Trinajstić information content (AvgIpc) is 2.80. The number of rotatable bonds is 4. The molecule has 1 unspecified atom stereocenters. The van der Waals surface area contributed by atoms with Crippen molar-refractivity contribution in [1.29, 1.82) is 0 Å². The Hall–Kier alpha value is -2.30. The number of aliphatic carboxylic acids is 1. The largest absolute Gasteiger partial charge is 0.481 e. The van der Waals surface area contributed by atoms with Gasteiger partial charge in [0, 0.05) is 18.4 Å². The quantitative estimate of drug-likeness (QED) is 0.917. The van der Waals surface area contributed by atoms with Crippen molar-refractivity contribution in [3.05, 3.63) is 30.5 Å². The molecule has 1 aromatic heterocycles. The van der Waals surface area contributed by atoms with E-state index in [1.807, 2.05) is 24.3 Å². The molecule has 1 aromatic carbocycles. The number of hydrogen-bond donors (Lipinski definition) is 1. The number of benzene rings is 1. The first-order valence-electron chi connectivity index (χ1n) is 5.96. The molecule has 1 atom stereocenters. The Kier molecular flexibility index (Phi) is 3.55. The number of anilines is 1. The third-order valence-corrected chi connectivity index (χ3v) is 3.05. The number of para-hydroxylation sites is 1. The van der Waals surface area contributed by atoms with Gasteiger partial charge >= 0.3 is 5.97 Å². The van der Waals surface area contributed by atoms with Gasteiger partial charge in [-0.1, -0.05) is 19.1 Å². The van der Waals surface area contributed by atoms with E-state index >= 15 is 0 Å². The summed E-state index contributed by atoms with van der Waals surface area (Å²) in [6.45, 7) is 1.61. The molecule has 2 rings (SSSR count). The van der Waals surface area contributed by atoms with E-state index in [1.165, 1.54) is 11.2 Å². The molecule has 0 radical (unpaired) electrons. The summed E-state index contributed by atoms with van der Waals surface area (Å²) >= 11 is 0. The number of carbonyl (C=O) groups excluding carboxylic acids is 1. The summed E-state index contributed by atoms with van der Waals surface area (Å²) in [6, 6.07) is 7.39. The smallest absolute Gasteiger partial charge is 0.304 e. The molecule has 0 saturated carbocycles. The second-order valence-electron chi connectivity index (χ2n) is 4.51. The Labute approximate surface area is 110 Å². The molecule has 100 valence electrons. The molecule has 1 amide bonds. The van der Waals surface area contributed by atoms with Gasteiger partial charge in [-0.15, -0.1) is 0 Å². The molecule has 0 aliphatic rings. The van der Waals surface area contributed by atoms with Crippen molar-refractivity contribution < 1.29 is 19.1 Å². The molecule has 5 heteroatoms. The lowest BCUT2D eigenvalue weighted by atomic mass is 10.1. The molecule has 19 heavy (non-hydrogen) atoms. The Morgan fingerprint density at radius 1 is 1.37 bits per heavy atom. The zero-order valence-corrected chi connectivity index (χ0v) is 10.8. The number of carboxylic acid groups (broad SMARTS) is 1. The minimum absolute atomic E-state index is 0.182. The Balaban J connectivity index is 2.26. The third kappa shape index (κ3) is 2.59. The standard InChI is InChI=1S/C14H15NO4/c1-9(7-13(16)17)14(18)15(2)11-8-19-12-6-4-3-5-10(11)12/h3-6,8-9H,7H2,1-2H3,(H,16,17). The molecule has 0 bridgehead atoms. The van der Waals surface area contributed by atoms with Gasteiger partial charge in [0.15, 0.2) is 0 Å². The van der Waals surface area contributed by atoms with Crippen LogP contribution in [0, 0.1) is 5.92 Å². The fourth-order valence-electron chi connectivity index (χ4n) is 2.02. The molecule has 0 spiro atoms. The summed E-state index contributed by atoms with van der Waals surface area (Å²) in [7, 11) is 1.62. The highest BCUT2D eigenvalue weighted by atomic mass is 16.4. The van der Waals surface area contributed by atoms with Crippen molar-refractivity contribution in [2.24, 2.45) is 5.92 Å². The van der Waals surface area contributed by atoms with Gasteiger partial charge in [-0.25, -0.2) is 0 Å². The lowest BCUT2D eigenvalue weighted by molar-refractivity contribution is -0.140. The third-order valence-electron chi connectivity index (χ3n) is 3.05. The Bertz CT molecular complexity index is 617. The van der Waals surface area contributed by atoms with Crippen molar-refractivity contribution in [2.45, 2.75) is 13.3 Å². The normalized spacial score (nSPS) is 12.3. The first-order chi connectivity index (χ1) is 9.00. The van der Waals surface area contributed by atoms with Crippen LogP contribution < -0.4 is 4.90 Å². The topological polar surface area (TPSA) is 70.8 Å². The van der Waals surface area contributed by atoms with Crippen LogP contribution >= 0.6 is 0 Å². The van der Waals surface area contributed by atoms with Crippen molar-refractivity contribution in [3.63, 3.8) is 0 Å². The summed E-state index contributed by atoms with van der Waals surface area (Å²) in [6.07, 6.45) is 1.33. The number of carbonyl (C=O) groups is 2. The average molecular weight is 261 g/mol. The second-order valence-corrected chi connectivity index (χ2v) is 4.51. The number of amides is 1. The molecular formula is C14H15NO4. The second kappa shape index (κ2) is 5.14. The van der Waals surface area contributed by atoms with Gasteiger partial charge in [0.2, 0.25) is 5.91 Å². The maximum absolute atomic E-state index is 12.1. The highest BCUT2D eigenvalue weighted by Gasteiger charge is 2.23. The first kappa shape index (κ1) is 13.1. The van der Waals surface area contributed by atoms with Crippen LogP contribution in [0.4, 0.5) is 5.69 Å². The summed E-state index contributed by atoms with van der Waals surface area (Å²) < 4.78 is 5.37. The molecule has 0 aliphatic heterocycles. The maximum Gasteiger partial charge on any atom is 0.304 e. The lowest BCUT2D eigenvalue weighted by Crippen LogP contribution is -2.32. The van der Waals surface area contributed by atoms with E-state index in [9.17, 15) is 9.59 Å². The zero-order valence-electron chi connectivity index (χ0n) is 10.8. The van der Waals surface area contributed by atoms with E-state index in [0.717, 1.165) is 5.39 Å². The number of furan rings is 1. The van der Waals surface area contributed by atoms with Crippen LogP contribution in [-0.2, 0) is 9.59 Å². The molecular weight excluding hydrogens is 246 g/mol. The fourth-order valence-corrected chi connectivity index (χ4v) is 2.02. The van der Waals surface area contributed by atoms with Crippen LogP contribution in [0.1, 0.15) is 13.3 Å². The van der Waals surface area contributed by atoms with Gasteiger partial charge in [0.25, 0.3) is 0 Å². The molecule has 1 N–H and O–H groups in total. The van der Waals surface area contributed by atoms with E-state index in [4.69, 9.17) is 9.52 Å². The SMILES string of the molecule is CC(CC(=O)O)C(=O)N(C)c1coc2ccccc12.